The number of aromatic nitrogens is 5. The predicted octanol–water partition coefficient (Wildman–Crippen LogP) is 3.42. The van der Waals surface area contributed by atoms with Gasteiger partial charge in [-0.15, -0.1) is 0 Å². The molecular weight excluding hydrogens is 352 g/mol. The highest BCUT2D eigenvalue weighted by Crippen LogP contribution is 2.26. The summed E-state index contributed by atoms with van der Waals surface area (Å²) in [6.07, 6.45) is 7.74. The molecule has 0 saturated carbocycles. The number of hydrogen-bond donors (Lipinski definition) is 0. The van der Waals surface area contributed by atoms with Gasteiger partial charge in [0.15, 0.2) is 0 Å². The number of rotatable bonds is 4. The molecule has 0 amide bonds. The van der Waals surface area contributed by atoms with Gasteiger partial charge in [-0.3, -0.25) is 0 Å². The van der Waals surface area contributed by atoms with Crippen LogP contribution in [0.1, 0.15) is 19.7 Å². The van der Waals surface area contributed by atoms with Crippen LogP contribution in [0.5, 0.6) is 5.75 Å². The molecule has 0 aliphatic carbocycles. The van der Waals surface area contributed by atoms with Gasteiger partial charge >= 0.3 is 0 Å². The Hall–Kier alpha value is -3.35. The molecule has 0 N–H and O–H groups in total. The molecule has 0 fully saturated rings. The van der Waals surface area contributed by atoms with E-state index in [1.54, 1.807) is 0 Å². The number of ether oxygens (including phenoxy) is 1. The van der Waals surface area contributed by atoms with Crippen molar-refractivity contribution in [2.24, 2.45) is 0 Å². The van der Waals surface area contributed by atoms with E-state index in [9.17, 15) is 0 Å². The van der Waals surface area contributed by atoms with E-state index in [0.717, 1.165) is 53.6 Å². The van der Waals surface area contributed by atoms with Crippen molar-refractivity contribution in [2.45, 2.75) is 33.0 Å². The molecule has 7 nitrogen and oxygen atoms in total. The third-order valence-electron chi connectivity index (χ3n) is 4.96. The maximum atomic E-state index is 5.86. The van der Waals surface area contributed by atoms with Crippen LogP contribution < -0.4 is 9.64 Å². The Morgan fingerprint density at radius 1 is 1.04 bits per heavy atom. The van der Waals surface area contributed by atoms with Crippen LogP contribution in [-0.2, 0) is 13.1 Å². The molecule has 28 heavy (non-hydrogen) atoms. The molecular formula is C21H22N6O. The van der Waals surface area contributed by atoms with Gasteiger partial charge in [-0.2, -0.15) is 5.10 Å². The summed E-state index contributed by atoms with van der Waals surface area (Å²) in [5, 5.41) is 5.68. The van der Waals surface area contributed by atoms with Crippen molar-refractivity contribution >= 4 is 16.7 Å². The molecule has 5 rings (SSSR count). The summed E-state index contributed by atoms with van der Waals surface area (Å²) in [6.45, 7) is 6.64. The van der Waals surface area contributed by atoms with Crippen molar-refractivity contribution in [1.82, 2.24) is 24.3 Å². The van der Waals surface area contributed by atoms with Crippen LogP contribution in [-0.4, -0.2) is 37.0 Å². The SMILES string of the molecule is CC(C)Oc1ccc2cnn(-c3ccnc(N4CCn5ccnc5C4)c3)c2c1. The lowest BCUT2D eigenvalue weighted by Crippen LogP contribution is -2.34. The second-order valence-electron chi connectivity index (χ2n) is 7.27. The van der Waals surface area contributed by atoms with E-state index in [-0.39, 0.29) is 6.10 Å². The summed E-state index contributed by atoms with van der Waals surface area (Å²) in [7, 11) is 0. The quantitative estimate of drug-likeness (QED) is 0.548. The van der Waals surface area contributed by atoms with Crippen LogP contribution in [0.15, 0.2) is 55.1 Å². The molecule has 0 atom stereocenters. The Labute approximate surface area is 163 Å². The van der Waals surface area contributed by atoms with E-state index >= 15 is 0 Å². The zero-order valence-electron chi connectivity index (χ0n) is 16.0. The molecule has 0 spiro atoms. The Kier molecular flexibility index (Phi) is 4.00. The number of nitrogens with zero attached hydrogens (tertiary/aromatic N) is 6. The summed E-state index contributed by atoms with van der Waals surface area (Å²) in [6, 6.07) is 10.1. The standard InChI is InChI=1S/C21H22N6O/c1-15(2)28-18-4-3-16-13-24-27(19(16)12-18)17-5-6-22-20(11-17)26-10-9-25-8-7-23-21(25)14-26/h3-8,11-13,15H,9-10,14H2,1-2H3. The molecule has 142 valence electrons. The predicted molar refractivity (Wildman–Crippen MR) is 108 cm³/mol. The summed E-state index contributed by atoms with van der Waals surface area (Å²) in [5.74, 6) is 2.85. The van der Waals surface area contributed by atoms with Crippen molar-refractivity contribution in [1.29, 1.82) is 0 Å². The fourth-order valence-corrected chi connectivity index (χ4v) is 3.63. The highest BCUT2D eigenvalue weighted by atomic mass is 16.5. The number of imidazole rings is 1. The van der Waals surface area contributed by atoms with Crippen molar-refractivity contribution in [2.75, 3.05) is 11.4 Å². The molecule has 0 saturated heterocycles. The van der Waals surface area contributed by atoms with E-state index in [1.165, 1.54) is 0 Å². The highest BCUT2D eigenvalue weighted by molar-refractivity contribution is 5.81. The average Bonchev–Trinajstić information content (AvgIpc) is 3.33. The van der Waals surface area contributed by atoms with Crippen LogP contribution in [0.4, 0.5) is 5.82 Å². The van der Waals surface area contributed by atoms with Crippen molar-refractivity contribution < 1.29 is 4.74 Å². The minimum atomic E-state index is 0.132. The van der Waals surface area contributed by atoms with Crippen LogP contribution >= 0.6 is 0 Å². The third kappa shape index (κ3) is 2.98. The van der Waals surface area contributed by atoms with Crippen LogP contribution in [0.3, 0.4) is 0 Å². The zero-order valence-corrected chi connectivity index (χ0v) is 16.0. The second kappa shape index (κ2) is 6.67. The average molecular weight is 374 g/mol. The van der Waals surface area contributed by atoms with Gasteiger partial charge < -0.3 is 14.2 Å². The number of hydrogen-bond acceptors (Lipinski definition) is 5. The molecule has 0 bridgehead atoms. The van der Waals surface area contributed by atoms with Gasteiger partial charge in [0.05, 0.1) is 30.0 Å². The lowest BCUT2D eigenvalue weighted by Gasteiger charge is -2.28. The van der Waals surface area contributed by atoms with E-state index in [1.807, 2.05) is 67.6 Å². The first-order valence-electron chi connectivity index (χ1n) is 9.53. The van der Waals surface area contributed by atoms with Crippen molar-refractivity contribution in [3.05, 3.63) is 60.9 Å². The van der Waals surface area contributed by atoms with Crippen LogP contribution in [0.2, 0.25) is 0 Å². The van der Waals surface area contributed by atoms with Crippen LogP contribution in [0, 0.1) is 0 Å². The molecule has 0 unspecified atom stereocenters. The number of fused-ring (bicyclic) bond motifs is 2. The Morgan fingerprint density at radius 2 is 1.96 bits per heavy atom. The van der Waals surface area contributed by atoms with E-state index < -0.39 is 0 Å². The monoisotopic (exact) mass is 374 g/mol. The number of anilines is 1. The molecule has 7 heteroatoms. The maximum Gasteiger partial charge on any atom is 0.131 e. The lowest BCUT2D eigenvalue weighted by molar-refractivity contribution is 0.242. The molecule has 1 aromatic carbocycles. The summed E-state index contributed by atoms with van der Waals surface area (Å²) in [4.78, 5) is 11.3. The smallest absolute Gasteiger partial charge is 0.131 e. The molecule has 4 heterocycles. The van der Waals surface area contributed by atoms with E-state index in [4.69, 9.17) is 4.74 Å². The Bertz CT molecular complexity index is 1130. The fourth-order valence-electron chi connectivity index (χ4n) is 3.63. The normalized spacial score (nSPS) is 13.9. The van der Waals surface area contributed by atoms with Crippen molar-refractivity contribution in [3.8, 4) is 11.4 Å². The number of pyridine rings is 1. The minimum Gasteiger partial charge on any atom is -0.491 e. The first-order chi connectivity index (χ1) is 13.7. The van der Waals surface area contributed by atoms with Gasteiger partial charge in [-0.25, -0.2) is 14.6 Å². The number of benzene rings is 1. The Morgan fingerprint density at radius 3 is 2.86 bits per heavy atom. The summed E-state index contributed by atoms with van der Waals surface area (Å²) in [5.41, 5.74) is 2.00. The molecule has 0 radical (unpaired) electrons. The molecule has 4 aromatic rings. The topological polar surface area (TPSA) is 61.0 Å². The van der Waals surface area contributed by atoms with Gasteiger partial charge in [0.2, 0.25) is 0 Å². The largest absolute Gasteiger partial charge is 0.491 e. The summed E-state index contributed by atoms with van der Waals surface area (Å²) >= 11 is 0. The summed E-state index contributed by atoms with van der Waals surface area (Å²) < 4.78 is 9.99. The fraction of sp³-hybridized carbons (Fsp3) is 0.286. The van der Waals surface area contributed by atoms with E-state index in [0.29, 0.717) is 0 Å². The van der Waals surface area contributed by atoms with Gasteiger partial charge in [0.25, 0.3) is 0 Å². The third-order valence-corrected chi connectivity index (χ3v) is 4.96. The second-order valence-corrected chi connectivity index (χ2v) is 7.27. The van der Waals surface area contributed by atoms with Gasteiger partial charge in [-0.05, 0) is 32.0 Å². The van der Waals surface area contributed by atoms with Gasteiger partial charge in [0, 0.05) is 49.2 Å². The van der Waals surface area contributed by atoms with Crippen molar-refractivity contribution in [3.63, 3.8) is 0 Å². The Balaban J connectivity index is 1.50. The lowest BCUT2D eigenvalue weighted by atomic mass is 10.2. The first-order valence-corrected chi connectivity index (χ1v) is 9.53. The van der Waals surface area contributed by atoms with Gasteiger partial charge in [0.1, 0.15) is 17.4 Å². The van der Waals surface area contributed by atoms with E-state index in [2.05, 4.69) is 30.6 Å². The maximum absolute atomic E-state index is 5.86. The van der Waals surface area contributed by atoms with Gasteiger partial charge in [-0.1, -0.05) is 0 Å². The van der Waals surface area contributed by atoms with Crippen LogP contribution in [0.25, 0.3) is 16.6 Å². The zero-order chi connectivity index (χ0) is 19.1. The first kappa shape index (κ1) is 16.8. The minimum absolute atomic E-state index is 0.132. The highest BCUT2D eigenvalue weighted by Gasteiger charge is 2.18. The molecule has 1 aliphatic heterocycles. The molecule has 1 aliphatic rings. The molecule has 3 aromatic heterocycles.